The first-order chi connectivity index (χ1) is 12.2. The first-order valence-corrected chi connectivity index (χ1v) is 8.15. The van der Waals surface area contributed by atoms with Gasteiger partial charge in [0.2, 0.25) is 0 Å². The summed E-state index contributed by atoms with van der Waals surface area (Å²) >= 11 is 0. The maximum Gasteiger partial charge on any atom is 0.145 e. The molecule has 0 radical (unpaired) electrons. The third-order valence-electron chi connectivity index (χ3n) is 3.86. The number of hydrogen-bond donors (Lipinski definition) is 1. The number of nitrogens with zero attached hydrogens (tertiary/aromatic N) is 2. The van der Waals surface area contributed by atoms with Gasteiger partial charge in [0.25, 0.3) is 0 Å². The van der Waals surface area contributed by atoms with E-state index in [0.717, 1.165) is 46.4 Å². The normalized spacial score (nSPS) is 10.4. The first kappa shape index (κ1) is 16.8. The summed E-state index contributed by atoms with van der Waals surface area (Å²) in [6.45, 7) is 2.82. The Morgan fingerprint density at radius 2 is 1.32 bits per heavy atom. The molecule has 1 heterocycles. The van der Waals surface area contributed by atoms with Gasteiger partial charge in [-0.25, -0.2) is 4.98 Å². The number of anilines is 1. The second kappa shape index (κ2) is 7.66. The van der Waals surface area contributed by atoms with Crippen molar-refractivity contribution in [1.29, 1.82) is 0 Å². The highest BCUT2D eigenvalue weighted by Crippen LogP contribution is 2.31. The summed E-state index contributed by atoms with van der Waals surface area (Å²) in [5.74, 6) is 2.38. The molecule has 5 heteroatoms. The number of benzene rings is 2. The molecule has 3 rings (SSSR count). The Balaban J connectivity index is 2.09. The van der Waals surface area contributed by atoms with Crippen molar-refractivity contribution in [3.63, 3.8) is 0 Å². The standard InChI is InChI=1S/C20H21N3O2/c1-4-21-18-13-22-19(14-5-9-16(24-2)10-6-14)20(23-18)15-7-11-17(25-3)12-8-15/h5-13H,4H2,1-3H3,(H,21,23). The fourth-order valence-electron chi connectivity index (χ4n) is 2.57. The maximum atomic E-state index is 5.25. The van der Waals surface area contributed by atoms with Gasteiger partial charge in [0.15, 0.2) is 0 Å². The monoisotopic (exact) mass is 335 g/mol. The van der Waals surface area contributed by atoms with E-state index in [-0.39, 0.29) is 0 Å². The van der Waals surface area contributed by atoms with Crippen LogP contribution in [-0.2, 0) is 0 Å². The third kappa shape index (κ3) is 3.71. The number of rotatable bonds is 6. The molecule has 0 unspecified atom stereocenters. The van der Waals surface area contributed by atoms with E-state index in [1.807, 2.05) is 55.5 Å². The molecule has 0 spiro atoms. The van der Waals surface area contributed by atoms with Gasteiger partial charge in [0.05, 0.1) is 31.8 Å². The van der Waals surface area contributed by atoms with Gasteiger partial charge in [-0.15, -0.1) is 0 Å². The van der Waals surface area contributed by atoms with E-state index < -0.39 is 0 Å². The number of methoxy groups -OCH3 is 2. The van der Waals surface area contributed by atoms with Gasteiger partial charge in [-0.2, -0.15) is 0 Å². The third-order valence-corrected chi connectivity index (χ3v) is 3.86. The van der Waals surface area contributed by atoms with Crippen LogP contribution < -0.4 is 14.8 Å². The minimum absolute atomic E-state index is 0.755. The van der Waals surface area contributed by atoms with Crippen molar-refractivity contribution in [2.24, 2.45) is 0 Å². The molecule has 0 amide bonds. The summed E-state index contributed by atoms with van der Waals surface area (Å²) in [6.07, 6.45) is 1.76. The predicted molar refractivity (Wildman–Crippen MR) is 100 cm³/mol. The van der Waals surface area contributed by atoms with Crippen molar-refractivity contribution in [3.8, 4) is 34.0 Å². The van der Waals surface area contributed by atoms with Gasteiger partial charge in [-0.3, -0.25) is 4.98 Å². The van der Waals surface area contributed by atoms with Gasteiger partial charge in [-0.1, -0.05) is 0 Å². The first-order valence-electron chi connectivity index (χ1n) is 8.15. The molecule has 1 N–H and O–H groups in total. The summed E-state index contributed by atoms with van der Waals surface area (Å²) in [7, 11) is 3.31. The van der Waals surface area contributed by atoms with Crippen LogP contribution in [0.4, 0.5) is 5.82 Å². The second-order valence-electron chi connectivity index (χ2n) is 5.44. The van der Waals surface area contributed by atoms with Crippen LogP contribution in [0.25, 0.3) is 22.5 Å². The van der Waals surface area contributed by atoms with E-state index in [4.69, 9.17) is 14.5 Å². The van der Waals surface area contributed by atoms with Crippen LogP contribution in [0.2, 0.25) is 0 Å². The minimum Gasteiger partial charge on any atom is -0.497 e. The summed E-state index contributed by atoms with van der Waals surface area (Å²) in [6, 6.07) is 15.7. The molecule has 0 aliphatic rings. The number of ether oxygens (including phenoxy) is 2. The number of nitrogens with one attached hydrogen (secondary N) is 1. The Kier molecular flexibility index (Phi) is 5.14. The lowest BCUT2D eigenvalue weighted by Crippen LogP contribution is -2.02. The van der Waals surface area contributed by atoms with Crippen molar-refractivity contribution >= 4 is 5.82 Å². The summed E-state index contributed by atoms with van der Waals surface area (Å²) in [5.41, 5.74) is 3.63. The Hall–Kier alpha value is -3.08. The van der Waals surface area contributed by atoms with Gasteiger partial charge in [0.1, 0.15) is 17.3 Å². The molecule has 3 aromatic rings. The minimum atomic E-state index is 0.755. The molecule has 0 fully saturated rings. The summed E-state index contributed by atoms with van der Waals surface area (Å²) in [5, 5.41) is 3.22. The second-order valence-corrected chi connectivity index (χ2v) is 5.44. The van der Waals surface area contributed by atoms with Crippen molar-refractivity contribution in [3.05, 3.63) is 54.7 Å². The van der Waals surface area contributed by atoms with Crippen molar-refractivity contribution in [2.75, 3.05) is 26.1 Å². The number of aromatic nitrogens is 2. The molecular formula is C20H21N3O2. The molecule has 2 aromatic carbocycles. The summed E-state index contributed by atoms with van der Waals surface area (Å²) in [4.78, 5) is 9.41. The van der Waals surface area contributed by atoms with Crippen LogP contribution in [-0.4, -0.2) is 30.7 Å². The van der Waals surface area contributed by atoms with E-state index in [0.29, 0.717) is 0 Å². The lowest BCUT2D eigenvalue weighted by atomic mass is 10.0. The van der Waals surface area contributed by atoms with Gasteiger partial charge in [-0.05, 0) is 55.5 Å². The molecule has 0 aliphatic heterocycles. The van der Waals surface area contributed by atoms with Crippen LogP contribution in [0.1, 0.15) is 6.92 Å². The zero-order valence-electron chi connectivity index (χ0n) is 14.6. The molecule has 5 nitrogen and oxygen atoms in total. The van der Waals surface area contributed by atoms with Crippen molar-refractivity contribution in [1.82, 2.24) is 9.97 Å². The molecular weight excluding hydrogens is 314 g/mol. The average molecular weight is 335 g/mol. The highest BCUT2D eigenvalue weighted by Gasteiger charge is 2.12. The van der Waals surface area contributed by atoms with Gasteiger partial charge < -0.3 is 14.8 Å². The topological polar surface area (TPSA) is 56.3 Å². The molecule has 25 heavy (non-hydrogen) atoms. The van der Waals surface area contributed by atoms with Crippen LogP contribution in [0, 0.1) is 0 Å². The zero-order valence-corrected chi connectivity index (χ0v) is 14.6. The van der Waals surface area contributed by atoms with Crippen LogP contribution >= 0.6 is 0 Å². The molecule has 0 aliphatic carbocycles. The maximum absolute atomic E-state index is 5.25. The predicted octanol–water partition coefficient (Wildman–Crippen LogP) is 4.26. The van der Waals surface area contributed by atoms with Crippen LogP contribution in [0.3, 0.4) is 0 Å². The fourth-order valence-corrected chi connectivity index (χ4v) is 2.57. The molecule has 0 saturated heterocycles. The Bertz CT molecular complexity index is 831. The molecule has 0 bridgehead atoms. The molecule has 1 aromatic heterocycles. The number of hydrogen-bond acceptors (Lipinski definition) is 5. The van der Waals surface area contributed by atoms with Crippen molar-refractivity contribution < 1.29 is 9.47 Å². The van der Waals surface area contributed by atoms with E-state index in [1.165, 1.54) is 0 Å². The van der Waals surface area contributed by atoms with E-state index in [2.05, 4.69) is 10.3 Å². The highest BCUT2D eigenvalue weighted by atomic mass is 16.5. The average Bonchev–Trinajstić information content (AvgIpc) is 2.68. The molecule has 0 saturated carbocycles. The lowest BCUT2D eigenvalue weighted by Gasteiger charge is -2.12. The van der Waals surface area contributed by atoms with Crippen molar-refractivity contribution in [2.45, 2.75) is 6.92 Å². The van der Waals surface area contributed by atoms with Gasteiger partial charge in [0, 0.05) is 17.7 Å². The largest absolute Gasteiger partial charge is 0.497 e. The summed E-state index contributed by atoms with van der Waals surface area (Å²) < 4.78 is 10.5. The van der Waals surface area contributed by atoms with Gasteiger partial charge >= 0.3 is 0 Å². The van der Waals surface area contributed by atoms with E-state index >= 15 is 0 Å². The Morgan fingerprint density at radius 3 is 1.80 bits per heavy atom. The quantitative estimate of drug-likeness (QED) is 0.729. The SMILES string of the molecule is CCNc1cnc(-c2ccc(OC)cc2)c(-c2ccc(OC)cc2)n1. The smallest absolute Gasteiger partial charge is 0.145 e. The Labute approximate surface area is 147 Å². The zero-order chi connectivity index (χ0) is 17.6. The fraction of sp³-hybridized carbons (Fsp3) is 0.200. The van der Waals surface area contributed by atoms with Crippen LogP contribution in [0.15, 0.2) is 54.7 Å². The van der Waals surface area contributed by atoms with Crippen LogP contribution in [0.5, 0.6) is 11.5 Å². The molecule has 0 atom stereocenters. The van der Waals surface area contributed by atoms with E-state index in [9.17, 15) is 0 Å². The highest BCUT2D eigenvalue weighted by molar-refractivity contribution is 5.79. The lowest BCUT2D eigenvalue weighted by molar-refractivity contribution is 0.414. The Morgan fingerprint density at radius 1 is 0.800 bits per heavy atom. The molecule has 128 valence electrons. The van der Waals surface area contributed by atoms with E-state index in [1.54, 1.807) is 20.4 Å².